The van der Waals surface area contributed by atoms with Gasteiger partial charge in [-0.25, -0.2) is 0 Å². The van der Waals surface area contributed by atoms with Crippen LogP contribution in [0.1, 0.15) is 0 Å². The Morgan fingerprint density at radius 2 is 2.15 bits per heavy atom. The van der Waals surface area contributed by atoms with Gasteiger partial charge < -0.3 is 30.1 Å². The van der Waals surface area contributed by atoms with Gasteiger partial charge in [-0.1, -0.05) is 0 Å². The van der Waals surface area contributed by atoms with Crippen LogP contribution in [-0.2, 0) is 11.8 Å². The maximum Gasteiger partial charge on any atom is 0.300 e. The molecule has 4 N–H and O–H groups in total. The molecule has 0 aromatic carbocycles. The molecule has 0 saturated carbocycles. The minimum absolute atomic E-state index is 0.0888. The number of aromatic nitrogens is 2. The fourth-order valence-corrected chi connectivity index (χ4v) is 1.85. The van der Waals surface area contributed by atoms with E-state index in [0.29, 0.717) is 0 Å². The van der Waals surface area contributed by atoms with E-state index in [2.05, 4.69) is 10.3 Å². The number of rotatable bonds is 3. The summed E-state index contributed by atoms with van der Waals surface area (Å²) in [7, 11) is 2.88. The van der Waals surface area contributed by atoms with E-state index in [0.717, 1.165) is 0 Å². The lowest BCUT2D eigenvalue weighted by molar-refractivity contribution is -0.178. The molecule has 2 rings (SSSR count). The molecule has 1 fully saturated rings. The van der Waals surface area contributed by atoms with E-state index in [4.69, 9.17) is 9.47 Å². The van der Waals surface area contributed by atoms with Crippen LogP contribution in [0.25, 0.3) is 0 Å². The van der Waals surface area contributed by atoms with E-state index in [1.54, 1.807) is 0 Å². The minimum atomic E-state index is -1.35. The number of anilines is 1. The standard InChI is InChI=1S/C11H17N3O6/c1-14-7(16)3-6(13-11(14)19-2)12-10-9(18)8(17)5(15)4-20-10/h3,5,8-10,12,15,17-18H,4H2,1-2H3/t5-,8-,9-,10-/m1/s1. The smallest absolute Gasteiger partial charge is 0.300 e. The van der Waals surface area contributed by atoms with Gasteiger partial charge in [0, 0.05) is 13.1 Å². The molecular weight excluding hydrogens is 270 g/mol. The first-order valence-corrected chi connectivity index (χ1v) is 5.98. The van der Waals surface area contributed by atoms with E-state index < -0.39 is 24.5 Å². The Bertz CT molecular complexity index is 533. The van der Waals surface area contributed by atoms with Crippen LogP contribution < -0.4 is 15.6 Å². The Hall–Kier alpha value is -1.68. The fourth-order valence-electron chi connectivity index (χ4n) is 1.85. The maximum atomic E-state index is 11.7. The molecule has 2 heterocycles. The van der Waals surface area contributed by atoms with Crippen LogP contribution in [0.2, 0.25) is 0 Å². The number of nitrogens with zero attached hydrogens (tertiary/aromatic N) is 2. The van der Waals surface area contributed by atoms with Crippen molar-refractivity contribution < 1.29 is 24.8 Å². The van der Waals surface area contributed by atoms with Crippen LogP contribution in [0.4, 0.5) is 5.82 Å². The third-order valence-corrected chi connectivity index (χ3v) is 3.07. The number of aliphatic hydroxyl groups is 3. The number of ether oxygens (including phenoxy) is 2. The van der Waals surface area contributed by atoms with Gasteiger partial charge in [0.2, 0.25) is 0 Å². The summed E-state index contributed by atoms with van der Waals surface area (Å²) >= 11 is 0. The predicted octanol–water partition coefficient (Wildman–Crippen LogP) is -2.36. The summed E-state index contributed by atoms with van der Waals surface area (Å²) in [6.07, 6.45) is -4.84. The number of methoxy groups -OCH3 is 1. The monoisotopic (exact) mass is 287 g/mol. The molecule has 0 amide bonds. The van der Waals surface area contributed by atoms with Crippen molar-refractivity contribution in [2.45, 2.75) is 24.5 Å². The molecule has 1 aromatic heterocycles. The molecule has 1 saturated heterocycles. The van der Waals surface area contributed by atoms with E-state index in [9.17, 15) is 20.1 Å². The third kappa shape index (κ3) is 2.75. The van der Waals surface area contributed by atoms with E-state index >= 15 is 0 Å². The van der Waals surface area contributed by atoms with Crippen molar-refractivity contribution in [1.29, 1.82) is 0 Å². The summed E-state index contributed by atoms with van der Waals surface area (Å²) in [5.41, 5.74) is -0.356. The van der Waals surface area contributed by atoms with E-state index in [1.165, 1.54) is 24.8 Å². The van der Waals surface area contributed by atoms with Crippen LogP contribution in [-0.4, -0.2) is 63.1 Å². The van der Waals surface area contributed by atoms with Crippen LogP contribution in [0, 0.1) is 0 Å². The normalized spacial score (nSPS) is 30.1. The maximum absolute atomic E-state index is 11.7. The van der Waals surface area contributed by atoms with Crippen LogP contribution >= 0.6 is 0 Å². The van der Waals surface area contributed by atoms with Crippen LogP contribution in [0.5, 0.6) is 6.01 Å². The summed E-state index contributed by atoms with van der Waals surface area (Å²) in [6.45, 7) is -0.141. The highest BCUT2D eigenvalue weighted by molar-refractivity contribution is 5.35. The highest BCUT2D eigenvalue weighted by atomic mass is 16.5. The molecule has 1 aliphatic rings. The summed E-state index contributed by atoms with van der Waals surface area (Å²) in [6, 6.07) is 1.29. The Balaban J connectivity index is 2.18. The van der Waals surface area contributed by atoms with Gasteiger partial charge in [0.15, 0.2) is 6.23 Å². The predicted molar refractivity (Wildman–Crippen MR) is 67.4 cm³/mol. The molecule has 112 valence electrons. The average molecular weight is 287 g/mol. The van der Waals surface area contributed by atoms with Crippen molar-refractivity contribution in [3.8, 4) is 6.01 Å². The zero-order chi connectivity index (χ0) is 14.9. The Morgan fingerprint density at radius 1 is 1.45 bits per heavy atom. The number of hydrogen-bond acceptors (Lipinski definition) is 8. The highest BCUT2D eigenvalue weighted by Crippen LogP contribution is 2.17. The fraction of sp³-hybridized carbons (Fsp3) is 0.636. The van der Waals surface area contributed by atoms with Gasteiger partial charge in [-0.05, 0) is 0 Å². The van der Waals surface area contributed by atoms with Gasteiger partial charge in [0.05, 0.1) is 13.7 Å². The molecule has 0 radical (unpaired) electrons. The molecule has 9 heteroatoms. The molecule has 20 heavy (non-hydrogen) atoms. The Morgan fingerprint density at radius 3 is 2.80 bits per heavy atom. The molecule has 0 unspecified atom stereocenters. The SMILES string of the molecule is COc1nc(N[C@@H]2OC[C@@H](O)[C@@H](O)[C@H]2O)cc(=O)n1C. The largest absolute Gasteiger partial charge is 0.468 e. The molecule has 1 aliphatic heterocycles. The van der Waals surface area contributed by atoms with Gasteiger partial charge in [-0.3, -0.25) is 9.36 Å². The van der Waals surface area contributed by atoms with Gasteiger partial charge in [-0.15, -0.1) is 0 Å². The molecule has 0 aliphatic carbocycles. The molecule has 0 bridgehead atoms. The number of aliphatic hydroxyl groups excluding tert-OH is 3. The van der Waals surface area contributed by atoms with Gasteiger partial charge >= 0.3 is 6.01 Å². The van der Waals surface area contributed by atoms with Gasteiger partial charge in [0.25, 0.3) is 5.56 Å². The zero-order valence-corrected chi connectivity index (χ0v) is 11.1. The van der Waals surface area contributed by atoms with Crippen molar-refractivity contribution in [2.75, 3.05) is 19.0 Å². The van der Waals surface area contributed by atoms with Crippen molar-refractivity contribution >= 4 is 5.82 Å². The first-order valence-electron chi connectivity index (χ1n) is 5.98. The first kappa shape index (κ1) is 14.7. The zero-order valence-electron chi connectivity index (χ0n) is 11.1. The van der Waals surface area contributed by atoms with E-state index in [-0.39, 0.29) is 24.0 Å². The van der Waals surface area contributed by atoms with Crippen molar-refractivity contribution in [1.82, 2.24) is 9.55 Å². The van der Waals surface area contributed by atoms with Crippen LogP contribution in [0.3, 0.4) is 0 Å². The topological polar surface area (TPSA) is 126 Å². The summed E-state index contributed by atoms with van der Waals surface area (Å²) < 4.78 is 11.3. The minimum Gasteiger partial charge on any atom is -0.468 e. The second-order valence-electron chi connectivity index (χ2n) is 4.47. The molecule has 9 nitrogen and oxygen atoms in total. The summed E-state index contributed by atoms with van der Waals surface area (Å²) in [4.78, 5) is 15.7. The van der Waals surface area contributed by atoms with Gasteiger partial charge in [-0.2, -0.15) is 4.98 Å². The summed E-state index contributed by atoms with van der Waals surface area (Å²) in [5, 5.41) is 31.4. The lowest BCUT2D eigenvalue weighted by Gasteiger charge is -2.35. The molecular formula is C11H17N3O6. The highest BCUT2D eigenvalue weighted by Gasteiger charge is 2.37. The first-order chi connectivity index (χ1) is 9.43. The Kier molecular flexibility index (Phi) is 4.23. The third-order valence-electron chi connectivity index (χ3n) is 3.07. The lowest BCUT2D eigenvalue weighted by atomic mass is 10.0. The quantitative estimate of drug-likeness (QED) is 0.486. The molecule has 1 aromatic rings. The number of nitrogens with one attached hydrogen (secondary N) is 1. The van der Waals surface area contributed by atoms with E-state index in [1.807, 2.05) is 0 Å². The second kappa shape index (κ2) is 5.75. The van der Waals surface area contributed by atoms with Crippen molar-refractivity contribution in [3.63, 3.8) is 0 Å². The average Bonchev–Trinajstić information content (AvgIpc) is 2.43. The summed E-state index contributed by atoms with van der Waals surface area (Å²) in [5.74, 6) is 0.137. The Labute approximate surface area is 114 Å². The van der Waals surface area contributed by atoms with Crippen molar-refractivity contribution in [2.24, 2.45) is 7.05 Å². The second-order valence-corrected chi connectivity index (χ2v) is 4.47. The van der Waals surface area contributed by atoms with Crippen LogP contribution in [0.15, 0.2) is 10.9 Å². The number of hydrogen-bond donors (Lipinski definition) is 4. The van der Waals surface area contributed by atoms with Gasteiger partial charge in [0.1, 0.15) is 24.1 Å². The van der Waals surface area contributed by atoms with Crippen molar-refractivity contribution in [3.05, 3.63) is 16.4 Å². The lowest BCUT2D eigenvalue weighted by Crippen LogP contribution is -2.55. The molecule has 4 atom stereocenters. The molecule has 0 spiro atoms.